The number of hydrogen-bond acceptors (Lipinski definition) is 4. The molecule has 1 saturated carbocycles. The van der Waals surface area contributed by atoms with Crippen molar-refractivity contribution in [2.75, 3.05) is 6.61 Å². The Hall–Kier alpha value is -2.14. The fourth-order valence-electron chi connectivity index (χ4n) is 3.57. The van der Waals surface area contributed by atoms with Crippen molar-refractivity contribution >= 4 is 18.0 Å². The van der Waals surface area contributed by atoms with Crippen LogP contribution in [0.25, 0.3) is 6.08 Å². The molecule has 0 amide bonds. The fourth-order valence-corrected chi connectivity index (χ4v) is 3.57. The molecule has 29 heavy (non-hydrogen) atoms. The highest BCUT2D eigenvalue weighted by molar-refractivity contribution is 5.90. The molecule has 1 aliphatic rings. The van der Waals surface area contributed by atoms with Gasteiger partial charge in [0.2, 0.25) is 0 Å². The van der Waals surface area contributed by atoms with Gasteiger partial charge in [-0.05, 0) is 55.9 Å². The lowest BCUT2D eigenvalue weighted by molar-refractivity contribution is -0.131. The maximum atomic E-state index is 12.3. The van der Waals surface area contributed by atoms with E-state index < -0.39 is 5.97 Å². The lowest BCUT2D eigenvalue weighted by Crippen LogP contribution is -2.28. The lowest BCUT2D eigenvalue weighted by atomic mass is 9.95. The minimum absolute atomic E-state index is 0.0528. The van der Waals surface area contributed by atoms with Crippen LogP contribution in [0.3, 0.4) is 0 Å². The molecule has 0 saturated heterocycles. The van der Waals surface area contributed by atoms with E-state index in [-0.39, 0.29) is 12.1 Å². The first-order valence-corrected chi connectivity index (χ1v) is 10.9. The van der Waals surface area contributed by atoms with E-state index in [1.807, 2.05) is 0 Å². The molecule has 1 aromatic carbocycles. The summed E-state index contributed by atoms with van der Waals surface area (Å²) in [4.78, 5) is 22.9. The van der Waals surface area contributed by atoms with Crippen molar-refractivity contribution in [2.24, 2.45) is 0 Å². The highest BCUT2D eigenvalue weighted by Crippen LogP contribution is 2.25. The van der Waals surface area contributed by atoms with Gasteiger partial charge in [-0.25, -0.2) is 9.59 Å². The largest absolute Gasteiger partial charge is 0.478 e. The SMILES string of the molecule is CCCCCCCCOC1CCC(OC(=O)c2ccc(/C=C/C(=O)O)cc2)CC1. The molecule has 0 aromatic heterocycles. The average molecular weight is 403 g/mol. The molecule has 2 rings (SSSR count). The Morgan fingerprint density at radius 1 is 0.966 bits per heavy atom. The second-order valence-electron chi connectivity index (χ2n) is 7.74. The topological polar surface area (TPSA) is 72.8 Å². The van der Waals surface area contributed by atoms with E-state index in [4.69, 9.17) is 14.6 Å². The van der Waals surface area contributed by atoms with Gasteiger partial charge in [0.25, 0.3) is 0 Å². The number of carbonyl (C=O) groups is 2. The summed E-state index contributed by atoms with van der Waals surface area (Å²) in [6.45, 7) is 3.07. The van der Waals surface area contributed by atoms with Crippen LogP contribution in [0.5, 0.6) is 0 Å². The molecule has 5 heteroatoms. The van der Waals surface area contributed by atoms with E-state index >= 15 is 0 Å². The molecule has 1 fully saturated rings. The van der Waals surface area contributed by atoms with Crippen LogP contribution in [-0.2, 0) is 14.3 Å². The Balaban J connectivity index is 1.63. The highest BCUT2D eigenvalue weighted by atomic mass is 16.5. The smallest absolute Gasteiger partial charge is 0.338 e. The summed E-state index contributed by atoms with van der Waals surface area (Å²) in [5.41, 5.74) is 1.21. The molecule has 160 valence electrons. The first kappa shape index (κ1) is 23.1. The maximum absolute atomic E-state index is 12.3. The zero-order valence-corrected chi connectivity index (χ0v) is 17.5. The fraction of sp³-hybridized carbons (Fsp3) is 0.583. The average Bonchev–Trinajstić information content (AvgIpc) is 2.73. The van der Waals surface area contributed by atoms with Crippen LogP contribution < -0.4 is 0 Å². The number of hydrogen-bond donors (Lipinski definition) is 1. The van der Waals surface area contributed by atoms with E-state index in [9.17, 15) is 9.59 Å². The molecular formula is C24H34O5. The molecular weight excluding hydrogens is 368 g/mol. The molecule has 1 aliphatic carbocycles. The molecule has 0 bridgehead atoms. The summed E-state index contributed by atoms with van der Waals surface area (Å²) < 4.78 is 11.6. The van der Waals surface area contributed by atoms with Gasteiger partial charge >= 0.3 is 11.9 Å². The Kier molecular flexibility index (Phi) is 10.5. The van der Waals surface area contributed by atoms with Crippen molar-refractivity contribution in [3.05, 3.63) is 41.5 Å². The normalized spacial score (nSPS) is 19.3. The summed E-state index contributed by atoms with van der Waals surface area (Å²) in [6, 6.07) is 6.75. The number of rotatable bonds is 12. The van der Waals surface area contributed by atoms with E-state index in [0.29, 0.717) is 11.7 Å². The zero-order chi connectivity index (χ0) is 20.9. The molecule has 0 heterocycles. The molecule has 1 N–H and O–H groups in total. The van der Waals surface area contributed by atoms with Crippen molar-refractivity contribution in [2.45, 2.75) is 83.3 Å². The van der Waals surface area contributed by atoms with Gasteiger partial charge < -0.3 is 14.6 Å². The third kappa shape index (κ3) is 9.27. The van der Waals surface area contributed by atoms with Gasteiger partial charge in [0.15, 0.2) is 0 Å². The molecule has 1 aromatic rings. The molecule has 0 unspecified atom stereocenters. The van der Waals surface area contributed by atoms with Gasteiger partial charge in [-0.2, -0.15) is 0 Å². The Morgan fingerprint density at radius 2 is 1.59 bits per heavy atom. The summed E-state index contributed by atoms with van der Waals surface area (Å²) in [5, 5.41) is 8.65. The van der Waals surface area contributed by atoms with Gasteiger partial charge in [-0.15, -0.1) is 0 Å². The molecule has 0 spiro atoms. The molecule has 5 nitrogen and oxygen atoms in total. The first-order valence-electron chi connectivity index (χ1n) is 10.9. The van der Waals surface area contributed by atoms with Gasteiger partial charge in [-0.3, -0.25) is 0 Å². The van der Waals surface area contributed by atoms with Crippen molar-refractivity contribution in [3.63, 3.8) is 0 Å². The summed E-state index contributed by atoms with van der Waals surface area (Å²) in [6.07, 6.45) is 14.0. The van der Waals surface area contributed by atoms with Crippen LogP contribution in [0, 0.1) is 0 Å². The van der Waals surface area contributed by atoms with Gasteiger partial charge in [0.05, 0.1) is 11.7 Å². The van der Waals surface area contributed by atoms with Crippen molar-refractivity contribution in [1.29, 1.82) is 0 Å². The lowest BCUT2D eigenvalue weighted by Gasteiger charge is -2.28. The molecule has 0 radical (unpaired) electrons. The Morgan fingerprint density at radius 3 is 2.24 bits per heavy atom. The Labute approximate surface area is 174 Å². The van der Waals surface area contributed by atoms with E-state index in [1.165, 1.54) is 38.2 Å². The van der Waals surface area contributed by atoms with Gasteiger partial charge in [0.1, 0.15) is 6.10 Å². The summed E-state index contributed by atoms with van der Waals surface area (Å²) in [7, 11) is 0. The Bertz CT molecular complexity index is 642. The summed E-state index contributed by atoms with van der Waals surface area (Å²) in [5.74, 6) is -1.32. The number of aliphatic carboxylic acids is 1. The van der Waals surface area contributed by atoms with Crippen molar-refractivity contribution in [3.8, 4) is 0 Å². The van der Waals surface area contributed by atoms with Crippen LogP contribution in [0.2, 0.25) is 0 Å². The van der Waals surface area contributed by atoms with E-state index in [2.05, 4.69) is 6.92 Å². The van der Waals surface area contributed by atoms with Gasteiger partial charge in [0, 0.05) is 12.7 Å². The van der Waals surface area contributed by atoms with Crippen LogP contribution in [-0.4, -0.2) is 35.9 Å². The minimum atomic E-state index is -1.000. The molecule has 0 aliphatic heterocycles. The predicted molar refractivity (Wildman–Crippen MR) is 114 cm³/mol. The minimum Gasteiger partial charge on any atom is -0.478 e. The number of benzene rings is 1. The van der Waals surface area contributed by atoms with Crippen molar-refractivity contribution < 1.29 is 24.2 Å². The number of ether oxygens (including phenoxy) is 2. The van der Waals surface area contributed by atoms with Crippen LogP contribution in [0.4, 0.5) is 0 Å². The third-order valence-electron chi connectivity index (χ3n) is 5.31. The van der Waals surface area contributed by atoms with E-state index in [0.717, 1.165) is 50.4 Å². The first-order chi connectivity index (χ1) is 14.1. The summed E-state index contributed by atoms with van der Waals surface area (Å²) >= 11 is 0. The standard InChI is InChI=1S/C24H34O5/c1-2-3-4-5-6-7-18-28-21-13-15-22(16-14-21)29-24(27)20-11-8-19(9-12-20)10-17-23(25)26/h8-12,17,21-22H,2-7,13-16,18H2,1H3,(H,25,26)/b17-10+. The second kappa shape index (κ2) is 13.2. The third-order valence-corrected chi connectivity index (χ3v) is 5.31. The highest BCUT2D eigenvalue weighted by Gasteiger charge is 2.24. The predicted octanol–water partition coefficient (Wildman–Crippen LogP) is 5.63. The molecule has 0 atom stereocenters. The number of carboxylic acid groups (broad SMARTS) is 1. The van der Waals surface area contributed by atoms with Crippen LogP contribution >= 0.6 is 0 Å². The second-order valence-corrected chi connectivity index (χ2v) is 7.74. The van der Waals surface area contributed by atoms with Crippen LogP contribution in [0.1, 0.15) is 87.1 Å². The van der Waals surface area contributed by atoms with E-state index in [1.54, 1.807) is 24.3 Å². The number of unbranched alkanes of at least 4 members (excludes halogenated alkanes) is 5. The number of carbonyl (C=O) groups excluding carboxylic acids is 1. The number of esters is 1. The zero-order valence-electron chi connectivity index (χ0n) is 17.5. The van der Waals surface area contributed by atoms with Gasteiger partial charge in [-0.1, -0.05) is 51.2 Å². The van der Waals surface area contributed by atoms with Crippen molar-refractivity contribution in [1.82, 2.24) is 0 Å². The maximum Gasteiger partial charge on any atom is 0.338 e. The van der Waals surface area contributed by atoms with Crippen LogP contribution in [0.15, 0.2) is 30.3 Å². The monoisotopic (exact) mass is 402 g/mol. The number of carboxylic acids is 1. The quantitative estimate of drug-likeness (QED) is 0.279.